The SMILES string of the molecule is O=C(N[C@H]1CCc2ccccc21)N1CCC(c2ncon2)CC1. The van der Waals surface area contributed by atoms with Crippen molar-refractivity contribution in [3.8, 4) is 0 Å². The maximum absolute atomic E-state index is 12.5. The molecule has 1 aliphatic carbocycles. The topological polar surface area (TPSA) is 71.3 Å². The number of piperidine rings is 1. The van der Waals surface area contributed by atoms with Gasteiger partial charge in [-0.25, -0.2) is 4.79 Å². The number of carbonyl (C=O) groups is 1. The molecule has 6 heteroatoms. The lowest BCUT2D eigenvalue weighted by atomic mass is 9.96. The second kappa shape index (κ2) is 6.02. The normalized spacial score (nSPS) is 21.2. The monoisotopic (exact) mass is 312 g/mol. The summed E-state index contributed by atoms with van der Waals surface area (Å²) in [7, 11) is 0. The number of aromatic nitrogens is 2. The van der Waals surface area contributed by atoms with Crippen molar-refractivity contribution in [2.24, 2.45) is 0 Å². The zero-order chi connectivity index (χ0) is 15.6. The summed E-state index contributed by atoms with van der Waals surface area (Å²) >= 11 is 0. The van der Waals surface area contributed by atoms with Gasteiger partial charge in [0.15, 0.2) is 5.82 Å². The molecule has 6 nitrogen and oxygen atoms in total. The van der Waals surface area contributed by atoms with Crippen LogP contribution < -0.4 is 5.32 Å². The van der Waals surface area contributed by atoms with E-state index in [9.17, 15) is 4.79 Å². The molecule has 23 heavy (non-hydrogen) atoms. The van der Waals surface area contributed by atoms with Gasteiger partial charge in [0, 0.05) is 19.0 Å². The highest BCUT2D eigenvalue weighted by atomic mass is 16.5. The predicted molar refractivity (Wildman–Crippen MR) is 83.9 cm³/mol. The van der Waals surface area contributed by atoms with Gasteiger partial charge < -0.3 is 14.7 Å². The summed E-state index contributed by atoms with van der Waals surface area (Å²) in [6.45, 7) is 1.47. The van der Waals surface area contributed by atoms with Gasteiger partial charge in [0.05, 0.1) is 6.04 Å². The fraction of sp³-hybridized carbons (Fsp3) is 0.471. The number of carbonyl (C=O) groups excluding carboxylic acids is 1. The predicted octanol–water partition coefficient (Wildman–Crippen LogP) is 2.65. The fourth-order valence-electron chi connectivity index (χ4n) is 3.65. The van der Waals surface area contributed by atoms with Crippen LogP contribution in [0.5, 0.6) is 0 Å². The smallest absolute Gasteiger partial charge is 0.317 e. The van der Waals surface area contributed by atoms with Crippen LogP contribution in [0.15, 0.2) is 35.2 Å². The van der Waals surface area contributed by atoms with Crippen LogP contribution in [-0.4, -0.2) is 34.2 Å². The van der Waals surface area contributed by atoms with E-state index in [1.54, 1.807) is 0 Å². The molecule has 1 atom stereocenters. The summed E-state index contributed by atoms with van der Waals surface area (Å²) in [4.78, 5) is 18.5. The number of hydrogen-bond acceptors (Lipinski definition) is 4. The molecule has 4 rings (SSSR count). The Hall–Kier alpha value is -2.37. The van der Waals surface area contributed by atoms with Crippen molar-refractivity contribution in [3.05, 3.63) is 47.6 Å². The van der Waals surface area contributed by atoms with E-state index in [0.717, 1.165) is 44.6 Å². The van der Waals surface area contributed by atoms with Crippen LogP contribution in [0.3, 0.4) is 0 Å². The first-order valence-corrected chi connectivity index (χ1v) is 8.21. The third-order valence-corrected chi connectivity index (χ3v) is 4.96. The Kier molecular flexibility index (Phi) is 3.73. The van der Waals surface area contributed by atoms with Crippen molar-refractivity contribution in [1.82, 2.24) is 20.4 Å². The van der Waals surface area contributed by atoms with Crippen molar-refractivity contribution in [3.63, 3.8) is 0 Å². The quantitative estimate of drug-likeness (QED) is 0.925. The van der Waals surface area contributed by atoms with Gasteiger partial charge in [0.25, 0.3) is 0 Å². The van der Waals surface area contributed by atoms with Crippen LogP contribution in [0, 0.1) is 0 Å². The lowest BCUT2D eigenvalue weighted by molar-refractivity contribution is 0.176. The van der Waals surface area contributed by atoms with Gasteiger partial charge in [-0.1, -0.05) is 29.4 Å². The number of hydrogen-bond donors (Lipinski definition) is 1. The van der Waals surface area contributed by atoms with Crippen molar-refractivity contribution in [1.29, 1.82) is 0 Å². The Balaban J connectivity index is 1.34. The first kappa shape index (κ1) is 14.2. The van der Waals surface area contributed by atoms with Gasteiger partial charge in [0.2, 0.25) is 6.39 Å². The van der Waals surface area contributed by atoms with Gasteiger partial charge in [-0.3, -0.25) is 0 Å². The highest BCUT2D eigenvalue weighted by Crippen LogP contribution is 2.31. The number of urea groups is 1. The molecule has 1 aromatic heterocycles. The molecular formula is C17H20N4O2. The summed E-state index contributed by atoms with van der Waals surface area (Å²) in [5.74, 6) is 1.06. The summed E-state index contributed by atoms with van der Waals surface area (Å²) < 4.78 is 4.81. The molecule has 0 radical (unpaired) electrons. The summed E-state index contributed by atoms with van der Waals surface area (Å²) in [5, 5.41) is 7.10. The largest absolute Gasteiger partial charge is 0.343 e. The van der Waals surface area contributed by atoms with Crippen LogP contribution >= 0.6 is 0 Å². The van der Waals surface area contributed by atoms with Crippen molar-refractivity contribution >= 4 is 6.03 Å². The molecule has 2 heterocycles. The average molecular weight is 312 g/mol. The number of nitrogens with one attached hydrogen (secondary N) is 1. The third-order valence-electron chi connectivity index (χ3n) is 4.96. The molecule has 1 saturated heterocycles. The standard InChI is InChI=1S/C17H20N4O2/c22-17(19-15-6-5-12-3-1-2-4-14(12)15)21-9-7-13(8-10-21)16-18-11-23-20-16/h1-4,11,13,15H,5-10H2,(H,19,22)/t15-/m0/s1. The molecule has 0 saturated carbocycles. The highest BCUT2D eigenvalue weighted by molar-refractivity contribution is 5.75. The Labute approximate surface area is 134 Å². The molecule has 1 aliphatic heterocycles. The number of likely N-dealkylation sites (tertiary alicyclic amines) is 1. The highest BCUT2D eigenvalue weighted by Gasteiger charge is 2.29. The van der Waals surface area contributed by atoms with E-state index in [4.69, 9.17) is 4.52 Å². The van der Waals surface area contributed by atoms with Gasteiger partial charge in [0.1, 0.15) is 0 Å². The molecular weight excluding hydrogens is 292 g/mol. The van der Waals surface area contributed by atoms with E-state index in [0.29, 0.717) is 5.92 Å². The van der Waals surface area contributed by atoms with E-state index in [-0.39, 0.29) is 12.1 Å². The number of amides is 2. The number of rotatable bonds is 2. The summed E-state index contributed by atoms with van der Waals surface area (Å²) in [6.07, 6.45) is 5.17. The third kappa shape index (κ3) is 2.81. The first-order chi connectivity index (χ1) is 11.3. The maximum Gasteiger partial charge on any atom is 0.317 e. The zero-order valence-corrected chi connectivity index (χ0v) is 12.9. The Bertz CT molecular complexity index is 678. The van der Waals surface area contributed by atoms with Crippen molar-refractivity contribution in [2.45, 2.75) is 37.6 Å². The minimum absolute atomic E-state index is 0.0401. The zero-order valence-electron chi connectivity index (χ0n) is 12.9. The molecule has 1 fully saturated rings. The Morgan fingerprint density at radius 3 is 2.83 bits per heavy atom. The average Bonchev–Trinajstić information content (AvgIpc) is 3.25. The number of nitrogens with zero attached hydrogens (tertiary/aromatic N) is 3. The van der Waals surface area contributed by atoms with E-state index in [2.05, 4.69) is 33.7 Å². The number of aryl methyl sites for hydroxylation is 1. The van der Waals surface area contributed by atoms with Crippen molar-refractivity contribution < 1.29 is 9.32 Å². The summed E-state index contributed by atoms with van der Waals surface area (Å²) in [5.41, 5.74) is 2.62. The Morgan fingerprint density at radius 2 is 2.04 bits per heavy atom. The van der Waals surface area contributed by atoms with E-state index < -0.39 is 0 Å². The van der Waals surface area contributed by atoms with Crippen LogP contribution in [0.2, 0.25) is 0 Å². The first-order valence-electron chi connectivity index (χ1n) is 8.21. The van der Waals surface area contributed by atoms with E-state index in [1.807, 2.05) is 11.0 Å². The molecule has 1 N–H and O–H groups in total. The van der Waals surface area contributed by atoms with E-state index in [1.165, 1.54) is 17.5 Å². The summed E-state index contributed by atoms with van der Waals surface area (Å²) in [6, 6.07) is 8.56. The van der Waals surface area contributed by atoms with Gasteiger partial charge >= 0.3 is 6.03 Å². The Morgan fingerprint density at radius 1 is 1.22 bits per heavy atom. The maximum atomic E-state index is 12.5. The lowest BCUT2D eigenvalue weighted by Gasteiger charge is -2.31. The second-order valence-electron chi connectivity index (χ2n) is 6.29. The second-order valence-corrected chi connectivity index (χ2v) is 6.29. The van der Waals surface area contributed by atoms with Crippen LogP contribution in [0.1, 0.15) is 48.2 Å². The molecule has 120 valence electrons. The van der Waals surface area contributed by atoms with E-state index >= 15 is 0 Å². The minimum Gasteiger partial charge on any atom is -0.343 e. The number of fused-ring (bicyclic) bond motifs is 1. The fourth-order valence-corrected chi connectivity index (χ4v) is 3.65. The molecule has 2 amide bonds. The minimum atomic E-state index is 0.0401. The van der Waals surface area contributed by atoms with Gasteiger partial charge in [-0.05, 0) is 36.8 Å². The van der Waals surface area contributed by atoms with Crippen molar-refractivity contribution in [2.75, 3.05) is 13.1 Å². The van der Waals surface area contributed by atoms with Gasteiger partial charge in [-0.15, -0.1) is 0 Å². The molecule has 0 spiro atoms. The molecule has 1 aromatic carbocycles. The molecule has 2 aromatic rings. The molecule has 0 unspecified atom stereocenters. The van der Waals surface area contributed by atoms with Gasteiger partial charge in [-0.2, -0.15) is 4.98 Å². The molecule has 2 aliphatic rings. The number of benzene rings is 1. The molecule has 0 bridgehead atoms. The van der Waals surface area contributed by atoms with Crippen LogP contribution in [0.25, 0.3) is 0 Å². The van der Waals surface area contributed by atoms with Crippen LogP contribution in [0.4, 0.5) is 4.79 Å². The van der Waals surface area contributed by atoms with Crippen LogP contribution in [-0.2, 0) is 6.42 Å². The lowest BCUT2D eigenvalue weighted by Crippen LogP contribution is -2.45.